The zero-order chi connectivity index (χ0) is 21.0. The zero-order valence-corrected chi connectivity index (χ0v) is 17.1. The number of aryl methyl sites for hydroxylation is 2. The van der Waals surface area contributed by atoms with Gasteiger partial charge in [0, 0.05) is 18.9 Å². The molecule has 0 radical (unpaired) electrons. The normalized spacial score (nSPS) is 9.89. The van der Waals surface area contributed by atoms with Crippen LogP contribution in [0, 0.1) is 18.3 Å². The summed E-state index contributed by atoms with van der Waals surface area (Å²) in [5, 5.41) is 9.02. The van der Waals surface area contributed by atoms with Crippen molar-refractivity contribution >= 4 is 6.29 Å². The maximum Gasteiger partial charge on any atom is 0.271 e. The highest BCUT2D eigenvalue weighted by Gasteiger charge is 2.28. The van der Waals surface area contributed by atoms with E-state index in [1.54, 1.807) is 6.07 Å². The van der Waals surface area contributed by atoms with E-state index in [4.69, 9.17) is 5.26 Å². The third-order valence-electron chi connectivity index (χ3n) is 3.78. The lowest BCUT2D eigenvalue weighted by Gasteiger charge is -2.15. The van der Waals surface area contributed by atoms with E-state index in [0.29, 0.717) is 18.4 Å². The number of carbonyl (C=O) groups is 1. The highest BCUT2D eigenvalue weighted by Crippen LogP contribution is 2.34. The number of hydrogen-bond donors (Lipinski definition) is 0. The standard InChI is InChI=1S/C19H17F2NO.2C2H6/c1-13-5-6-14(4-3-9-23)10-17(13)15-7-8-16(12-22)18(11-15)19(2,20)21;2*1-2/h5-11H,3-4H2,1-2H3;2*1-2H3. The molecule has 2 aromatic carbocycles. The summed E-state index contributed by atoms with van der Waals surface area (Å²) in [6, 6.07) is 12.1. The van der Waals surface area contributed by atoms with Gasteiger partial charge < -0.3 is 4.79 Å². The molecular weight excluding hydrogens is 344 g/mol. The first-order valence-corrected chi connectivity index (χ1v) is 9.33. The molecule has 0 aromatic heterocycles. The van der Waals surface area contributed by atoms with Crippen molar-refractivity contribution in [2.75, 3.05) is 0 Å². The lowest BCUT2D eigenvalue weighted by molar-refractivity contribution is -0.107. The monoisotopic (exact) mass is 373 g/mol. The second kappa shape index (κ2) is 12.0. The van der Waals surface area contributed by atoms with Gasteiger partial charge in [0.2, 0.25) is 0 Å². The number of nitriles is 1. The first-order chi connectivity index (χ1) is 12.9. The zero-order valence-electron chi connectivity index (χ0n) is 17.1. The lowest BCUT2D eigenvalue weighted by atomic mass is 9.92. The van der Waals surface area contributed by atoms with Crippen molar-refractivity contribution < 1.29 is 13.6 Å². The third-order valence-corrected chi connectivity index (χ3v) is 3.78. The Kier molecular flexibility index (Phi) is 10.8. The van der Waals surface area contributed by atoms with Crippen LogP contribution in [0.5, 0.6) is 0 Å². The maximum absolute atomic E-state index is 13.8. The summed E-state index contributed by atoms with van der Waals surface area (Å²) in [7, 11) is 0. The SMILES string of the molecule is CC.CC.Cc1ccc(CCC=O)cc1-c1ccc(C#N)c(C(C)(F)F)c1. The van der Waals surface area contributed by atoms with Crippen LogP contribution in [0.4, 0.5) is 8.78 Å². The molecule has 27 heavy (non-hydrogen) atoms. The first-order valence-electron chi connectivity index (χ1n) is 9.33. The van der Waals surface area contributed by atoms with E-state index in [2.05, 4.69) is 0 Å². The minimum atomic E-state index is -3.08. The Hall–Kier alpha value is -2.54. The molecule has 2 nitrogen and oxygen atoms in total. The van der Waals surface area contributed by atoms with Gasteiger partial charge in [-0.1, -0.05) is 52.0 Å². The number of alkyl halides is 2. The molecule has 0 amide bonds. The van der Waals surface area contributed by atoms with E-state index >= 15 is 0 Å². The van der Waals surface area contributed by atoms with Crippen LogP contribution in [0.25, 0.3) is 11.1 Å². The highest BCUT2D eigenvalue weighted by molar-refractivity contribution is 5.70. The van der Waals surface area contributed by atoms with Gasteiger partial charge in [0.25, 0.3) is 5.92 Å². The Morgan fingerprint density at radius 1 is 1.07 bits per heavy atom. The van der Waals surface area contributed by atoms with Crippen LogP contribution in [0.3, 0.4) is 0 Å². The quantitative estimate of drug-likeness (QED) is 0.539. The van der Waals surface area contributed by atoms with Crippen LogP contribution < -0.4 is 0 Å². The van der Waals surface area contributed by atoms with Gasteiger partial charge in [-0.3, -0.25) is 0 Å². The summed E-state index contributed by atoms with van der Waals surface area (Å²) in [5.41, 5.74) is 3.13. The molecular formula is C23H29F2NO. The molecule has 0 atom stereocenters. The van der Waals surface area contributed by atoms with Gasteiger partial charge in [0.1, 0.15) is 6.29 Å². The summed E-state index contributed by atoms with van der Waals surface area (Å²) >= 11 is 0. The molecule has 0 heterocycles. The van der Waals surface area contributed by atoms with Crippen LogP contribution in [-0.2, 0) is 17.1 Å². The van der Waals surface area contributed by atoms with Gasteiger partial charge in [0.15, 0.2) is 0 Å². The maximum atomic E-state index is 13.8. The molecule has 2 rings (SSSR count). The van der Waals surface area contributed by atoms with Crippen LogP contribution in [0.2, 0.25) is 0 Å². The second-order valence-corrected chi connectivity index (χ2v) is 5.62. The largest absolute Gasteiger partial charge is 0.303 e. The Morgan fingerprint density at radius 3 is 2.22 bits per heavy atom. The van der Waals surface area contributed by atoms with Crippen molar-refractivity contribution in [2.24, 2.45) is 0 Å². The topological polar surface area (TPSA) is 40.9 Å². The van der Waals surface area contributed by atoms with Gasteiger partial charge in [-0.25, -0.2) is 8.78 Å². The summed E-state index contributed by atoms with van der Waals surface area (Å²) in [4.78, 5) is 10.5. The van der Waals surface area contributed by atoms with E-state index in [1.807, 2.05) is 58.9 Å². The van der Waals surface area contributed by atoms with E-state index in [1.165, 1.54) is 12.1 Å². The van der Waals surface area contributed by atoms with Gasteiger partial charge in [0.05, 0.1) is 11.6 Å². The van der Waals surface area contributed by atoms with E-state index in [0.717, 1.165) is 29.9 Å². The number of nitrogens with zero attached hydrogens (tertiary/aromatic N) is 1. The fourth-order valence-electron chi connectivity index (χ4n) is 2.53. The molecule has 0 aliphatic heterocycles. The average Bonchev–Trinajstić information content (AvgIpc) is 2.69. The number of hydrogen-bond acceptors (Lipinski definition) is 2. The molecule has 0 aliphatic rings. The predicted octanol–water partition coefficient (Wildman–Crippen LogP) is 6.83. The molecule has 4 heteroatoms. The van der Waals surface area contributed by atoms with Crippen molar-refractivity contribution in [2.45, 2.75) is 60.3 Å². The number of carbonyl (C=O) groups excluding carboxylic acids is 1. The van der Waals surface area contributed by atoms with E-state index < -0.39 is 5.92 Å². The Morgan fingerprint density at radius 2 is 1.70 bits per heavy atom. The van der Waals surface area contributed by atoms with Gasteiger partial charge >= 0.3 is 0 Å². The molecule has 0 aliphatic carbocycles. The predicted molar refractivity (Wildman–Crippen MR) is 108 cm³/mol. The second-order valence-electron chi connectivity index (χ2n) is 5.62. The Bertz CT molecular complexity index is 771. The van der Waals surface area contributed by atoms with E-state index in [-0.39, 0.29) is 11.1 Å². The van der Waals surface area contributed by atoms with Crippen LogP contribution in [0.1, 0.15) is 63.3 Å². The molecule has 0 saturated heterocycles. The summed E-state index contributed by atoms with van der Waals surface area (Å²) in [5.74, 6) is -3.08. The van der Waals surface area contributed by atoms with E-state index in [9.17, 15) is 13.6 Å². The Labute approximate surface area is 161 Å². The van der Waals surface area contributed by atoms with Crippen LogP contribution in [-0.4, -0.2) is 6.29 Å². The number of aldehydes is 1. The van der Waals surface area contributed by atoms with Gasteiger partial charge in [-0.2, -0.15) is 5.26 Å². The Balaban J connectivity index is 0.00000158. The minimum Gasteiger partial charge on any atom is -0.303 e. The van der Waals surface area contributed by atoms with Crippen molar-refractivity contribution in [1.29, 1.82) is 5.26 Å². The molecule has 146 valence electrons. The van der Waals surface area contributed by atoms with Gasteiger partial charge in [-0.15, -0.1) is 0 Å². The number of rotatable bonds is 5. The fourth-order valence-corrected chi connectivity index (χ4v) is 2.53. The highest BCUT2D eigenvalue weighted by atomic mass is 19.3. The molecule has 0 unspecified atom stereocenters. The number of benzene rings is 2. The van der Waals surface area contributed by atoms with Crippen molar-refractivity contribution in [3.05, 3.63) is 58.7 Å². The smallest absolute Gasteiger partial charge is 0.271 e. The van der Waals surface area contributed by atoms with Crippen molar-refractivity contribution in [1.82, 2.24) is 0 Å². The van der Waals surface area contributed by atoms with Crippen LogP contribution >= 0.6 is 0 Å². The number of halogens is 2. The molecule has 0 spiro atoms. The fraction of sp³-hybridized carbons (Fsp3) is 0.391. The lowest BCUT2D eigenvalue weighted by Crippen LogP contribution is -2.09. The average molecular weight is 373 g/mol. The van der Waals surface area contributed by atoms with Crippen molar-refractivity contribution in [3.63, 3.8) is 0 Å². The molecule has 0 saturated carbocycles. The molecule has 2 aromatic rings. The summed E-state index contributed by atoms with van der Waals surface area (Å²) in [6.45, 7) is 10.7. The molecule has 0 bridgehead atoms. The van der Waals surface area contributed by atoms with Gasteiger partial charge in [-0.05, 0) is 47.7 Å². The minimum absolute atomic E-state index is 0.0176. The summed E-state index contributed by atoms with van der Waals surface area (Å²) in [6.07, 6.45) is 1.90. The molecule has 0 fully saturated rings. The van der Waals surface area contributed by atoms with Crippen LogP contribution in [0.15, 0.2) is 36.4 Å². The third kappa shape index (κ3) is 6.94. The summed E-state index contributed by atoms with van der Waals surface area (Å²) < 4.78 is 27.5. The molecule has 0 N–H and O–H groups in total. The van der Waals surface area contributed by atoms with Crippen molar-refractivity contribution in [3.8, 4) is 17.2 Å². The first kappa shape index (κ1) is 24.5.